The molecule has 0 aliphatic carbocycles. The number of anilines is 1. The van der Waals surface area contributed by atoms with Crippen molar-refractivity contribution in [1.82, 2.24) is 24.4 Å². The Morgan fingerprint density at radius 3 is 2.48 bits per heavy atom. The van der Waals surface area contributed by atoms with Gasteiger partial charge in [-0.15, -0.1) is 13.2 Å². The van der Waals surface area contributed by atoms with Crippen LogP contribution in [0.1, 0.15) is 17.4 Å². The number of halogens is 5. The van der Waals surface area contributed by atoms with Gasteiger partial charge in [0, 0.05) is 26.1 Å². The van der Waals surface area contributed by atoms with Crippen LogP contribution < -0.4 is 10.5 Å². The highest BCUT2D eigenvalue weighted by Gasteiger charge is 2.54. The molecule has 0 saturated carbocycles. The number of fused-ring (bicyclic) bond motifs is 1. The van der Waals surface area contributed by atoms with Gasteiger partial charge in [0.2, 0.25) is 5.28 Å². The third-order valence-corrected chi connectivity index (χ3v) is 8.85. The minimum atomic E-state index is -5.04. The van der Waals surface area contributed by atoms with E-state index in [0.717, 1.165) is 23.0 Å². The van der Waals surface area contributed by atoms with E-state index in [4.69, 9.17) is 41.0 Å². The Morgan fingerprint density at radius 2 is 1.74 bits per heavy atom. The minimum absolute atomic E-state index is 0.00226. The number of hydrogen-bond acceptors (Lipinski definition) is 14. The zero-order valence-corrected chi connectivity index (χ0v) is 29.1. The molecule has 5 atom stereocenters. The van der Waals surface area contributed by atoms with Crippen molar-refractivity contribution in [2.75, 3.05) is 51.8 Å². The number of esters is 2. The number of aliphatic hydroxyl groups is 1. The molecule has 0 radical (unpaired) electrons. The third kappa shape index (κ3) is 9.16. The summed E-state index contributed by atoms with van der Waals surface area (Å²) < 4.78 is 88.8. The summed E-state index contributed by atoms with van der Waals surface area (Å²) in [6, 6.07) is 13.0. The fourth-order valence-electron chi connectivity index (χ4n) is 5.97. The average Bonchev–Trinajstić information content (AvgIpc) is 3.68. The maximum atomic E-state index is 15.7. The van der Waals surface area contributed by atoms with Gasteiger partial charge in [0.25, 0.3) is 5.60 Å². The van der Waals surface area contributed by atoms with Crippen LogP contribution in [0.5, 0.6) is 5.75 Å². The van der Waals surface area contributed by atoms with Gasteiger partial charge in [-0.1, -0.05) is 42.5 Å². The molecule has 2 aromatic carbocycles. The molecular weight excluding hydrogens is 748 g/mol. The predicted octanol–water partition coefficient (Wildman–Crippen LogP) is 3.17. The van der Waals surface area contributed by atoms with Crippen molar-refractivity contribution >= 4 is 40.5 Å². The smallest absolute Gasteiger partial charge is 0.462 e. The van der Waals surface area contributed by atoms with Gasteiger partial charge in [0.05, 0.1) is 26.1 Å². The lowest BCUT2D eigenvalue weighted by Gasteiger charge is -2.32. The molecule has 1 unspecified atom stereocenters. The third-order valence-electron chi connectivity index (χ3n) is 8.68. The topological polar surface area (TPSA) is 183 Å². The van der Waals surface area contributed by atoms with Crippen LogP contribution in [0.2, 0.25) is 5.28 Å². The maximum absolute atomic E-state index is 15.7. The molecule has 6 rings (SSSR count). The van der Waals surface area contributed by atoms with E-state index in [9.17, 15) is 27.9 Å². The van der Waals surface area contributed by atoms with Crippen LogP contribution in [-0.2, 0) is 46.3 Å². The van der Waals surface area contributed by atoms with E-state index in [-0.39, 0.29) is 47.6 Å². The highest BCUT2D eigenvalue weighted by atomic mass is 35.5. The normalized spacial score (nSPS) is 21.8. The fourth-order valence-corrected chi connectivity index (χ4v) is 6.14. The van der Waals surface area contributed by atoms with E-state index >= 15 is 4.39 Å². The molecule has 2 fully saturated rings. The lowest BCUT2D eigenvalue weighted by Crippen LogP contribution is -2.55. The summed E-state index contributed by atoms with van der Waals surface area (Å²) in [5.41, 5.74) is 3.77. The number of benzene rings is 2. The molecule has 0 bridgehead atoms. The zero-order valence-electron chi connectivity index (χ0n) is 28.4. The van der Waals surface area contributed by atoms with Crippen molar-refractivity contribution in [3.05, 3.63) is 77.3 Å². The summed E-state index contributed by atoms with van der Waals surface area (Å²) >= 11 is 5.96. The molecule has 3 N–H and O–H groups in total. The number of alkyl halides is 4. The summed E-state index contributed by atoms with van der Waals surface area (Å²) in [5.74, 6) is -3.25. The lowest BCUT2D eigenvalue weighted by atomic mass is 9.93. The van der Waals surface area contributed by atoms with E-state index in [2.05, 4.69) is 19.7 Å². The van der Waals surface area contributed by atoms with Crippen molar-refractivity contribution in [1.29, 1.82) is 0 Å². The van der Waals surface area contributed by atoms with Crippen LogP contribution in [0.4, 0.5) is 23.4 Å². The van der Waals surface area contributed by atoms with E-state index in [1.165, 1.54) is 12.1 Å². The van der Waals surface area contributed by atoms with Crippen LogP contribution in [0, 0.1) is 0 Å². The first kappa shape index (κ1) is 39.0. The predicted molar refractivity (Wildman–Crippen MR) is 180 cm³/mol. The van der Waals surface area contributed by atoms with Crippen LogP contribution in [-0.4, -0.2) is 118 Å². The lowest BCUT2D eigenvalue weighted by molar-refractivity contribution is -0.274. The quantitative estimate of drug-likeness (QED) is 0.0824. The average molecular weight is 783 g/mol. The molecule has 4 aromatic rings. The molecule has 54 heavy (non-hydrogen) atoms. The summed E-state index contributed by atoms with van der Waals surface area (Å²) in [7, 11) is 0. The Hall–Kier alpha value is -4.66. The number of aromatic nitrogens is 4. The monoisotopic (exact) mass is 782 g/mol. The first-order valence-corrected chi connectivity index (χ1v) is 17.0. The molecule has 290 valence electrons. The van der Waals surface area contributed by atoms with Crippen LogP contribution in [0.25, 0.3) is 11.2 Å². The number of rotatable bonds is 14. The van der Waals surface area contributed by atoms with Crippen molar-refractivity contribution in [2.45, 2.75) is 49.6 Å². The number of carbonyl (C=O) groups is 2. The van der Waals surface area contributed by atoms with Crippen molar-refractivity contribution in [3.63, 3.8) is 0 Å². The van der Waals surface area contributed by atoms with E-state index in [0.29, 0.717) is 31.9 Å². The first-order valence-electron chi connectivity index (χ1n) is 16.6. The van der Waals surface area contributed by atoms with E-state index < -0.39 is 67.3 Å². The Balaban J connectivity index is 1.30. The molecule has 2 aliphatic rings. The molecule has 15 nitrogen and oxygen atoms in total. The van der Waals surface area contributed by atoms with Crippen LogP contribution >= 0.6 is 11.6 Å². The summed E-state index contributed by atoms with van der Waals surface area (Å²) in [6.07, 6.45) is -11.7. The van der Waals surface area contributed by atoms with Gasteiger partial charge in [0.1, 0.15) is 36.7 Å². The highest BCUT2D eigenvalue weighted by Crippen LogP contribution is 2.36. The standard InChI is InChI=1S/C34H35ClF4N6O9/c35-32-42-27(40)25-28(43-32)45(19-41-25)29-24(36)26(46)23(53-29)18-52-33(31(48)51-17-20-5-2-1-3-6-20,30(47)50-14-11-44-9-12-49-13-10-44)16-21-7-4-8-22(15-21)54-34(37,38)39/h1-8,15,19,23-24,26,29,46H,9-14,16-18H2,(H2,40,42,43)/t23-,24+,26-,29-,33?/m1/s1. The maximum Gasteiger partial charge on any atom is 0.573 e. The van der Waals surface area contributed by atoms with Gasteiger partial charge in [-0.25, -0.2) is 19.0 Å². The van der Waals surface area contributed by atoms with Gasteiger partial charge in [0.15, 0.2) is 23.9 Å². The van der Waals surface area contributed by atoms with Gasteiger partial charge in [-0.2, -0.15) is 9.97 Å². The summed E-state index contributed by atoms with van der Waals surface area (Å²) in [4.78, 5) is 42.2. The molecule has 2 aromatic heterocycles. The largest absolute Gasteiger partial charge is 0.573 e. The van der Waals surface area contributed by atoms with Crippen LogP contribution in [0.15, 0.2) is 60.9 Å². The molecule has 0 spiro atoms. The number of imidazole rings is 1. The van der Waals surface area contributed by atoms with Crippen LogP contribution in [0.3, 0.4) is 0 Å². The van der Waals surface area contributed by atoms with Gasteiger partial charge >= 0.3 is 18.3 Å². The molecule has 0 amide bonds. The van der Waals surface area contributed by atoms with Crippen molar-refractivity contribution < 1.29 is 60.7 Å². The number of carbonyl (C=O) groups excluding carboxylic acids is 2. The molecule has 4 heterocycles. The number of morpholine rings is 1. The SMILES string of the molecule is Nc1nc(Cl)nc2c1ncn2[C@@H]1O[C@H](COC(Cc2cccc(OC(F)(F)F)c2)(C(=O)OCCN2CCOCC2)C(=O)OCc2ccccc2)[C@@H](O)[C@@H]1F. The van der Waals surface area contributed by atoms with Gasteiger partial charge in [-0.05, 0) is 34.9 Å². The van der Waals surface area contributed by atoms with Crippen molar-refractivity contribution in [3.8, 4) is 5.75 Å². The number of nitrogens with two attached hydrogens (primary N) is 1. The molecule has 2 aliphatic heterocycles. The van der Waals surface area contributed by atoms with Gasteiger partial charge in [-0.3, -0.25) is 9.47 Å². The molecular formula is C34H35ClF4N6O9. The zero-order chi connectivity index (χ0) is 38.5. The number of aliphatic hydroxyl groups excluding tert-OH is 1. The number of nitrogen functional groups attached to an aromatic ring is 1. The number of hydrogen-bond donors (Lipinski definition) is 2. The number of nitrogens with zero attached hydrogens (tertiary/aromatic N) is 5. The summed E-state index contributed by atoms with van der Waals surface area (Å²) in [6.45, 7) is 0.949. The first-order chi connectivity index (χ1) is 25.8. The Labute approximate surface area is 309 Å². The Morgan fingerprint density at radius 1 is 1.02 bits per heavy atom. The minimum Gasteiger partial charge on any atom is -0.462 e. The second-order valence-electron chi connectivity index (χ2n) is 12.4. The Bertz CT molecular complexity index is 1920. The summed E-state index contributed by atoms with van der Waals surface area (Å²) in [5, 5.41) is 10.7. The molecule has 20 heteroatoms. The second kappa shape index (κ2) is 16.8. The fraction of sp³-hybridized carbons (Fsp3) is 0.441. The second-order valence-corrected chi connectivity index (χ2v) is 12.7. The number of ether oxygens (including phenoxy) is 6. The van der Waals surface area contributed by atoms with E-state index in [1.807, 2.05) is 4.90 Å². The Kier molecular flexibility index (Phi) is 12.1. The van der Waals surface area contributed by atoms with Crippen molar-refractivity contribution in [2.24, 2.45) is 0 Å². The highest BCUT2D eigenvalue weighted by molar-refractivity contribution is 6.28. The van der Waals surface area contributed by atoms with E-state index in [1.54, 1.807) is 30.3 Å². The molecule has 2 saturated heterocycles. The van der Waals surface area contributed by atoms with Gasteiger partial charge < -0.3 is 39.3 Å².